The van der Waals surface area contributed by atoms with E-state index in [1.807, 2.05) is 11.3 Å². The van der Waals surface area contributed by atoms with Crippen LogP contribution in [0.2, 0.25) is 0 Å². The average Bonchev–Trinajstić information content (AvgIpc) is 2.62. The summed E-state index contributed by atoms with van der Waals surface area (Å²) in [5.74, 6) is 0. The van der Waals surface area contributed by atoms with Crippen molar-refractivity contribution in [1.29, 1.82) is 0 Å². The Bertz CT molecular complexity index is 539. The van der Waals surface area contributed by atoms with E-state index < -0.39 is 0 Å². The molecular weight excluding hydrogens is 204 g/mol. The fraction of sp³-hybridized carbons (Fsp3) is 0.417. The lowest BCUT2D eigenvalue weighted by molar-refractivity contribution is -0.458. The molecule has 2 heterocycles. The Morgan fingerprint density at radius 3 is 2.53 bits per heavy atom. The molecule has 0 atom stereocenters. The van der Waals surface area contributed by atoms with Gasteiger partial charge in [-0.2, -0.15) is 0 Å². The van der Waals surface area contributed by atoms with E-state index in [9.17, 15) is 0 Å². The van der Waals surface area contributed by atoms with Crippen LogP contribution in [0.3, 0.4) is 0 Å². The maximum atomic E-state index is 2.34. The number of thiazole rings is 1. The van der Waals surface area contributed by atoms with Gasteiger partial charge in [-0.05, 0) is 26.3 Å². The first-order valence-corrected chi connectivity index (χ1v) is 5.97. The van der Waals surface area contributed by atoms with Crippen LogP contribution in [0.25, 0.3) is 4.83 Å². The first-order chi connectivity index (χ1) is 7.02. The third-order valence-corrected chi connectivity index (χ3v) is 3.88. The Hall–Kier alpha value is -1.09. The van der Waals surface area contributed by atoms with Gasteiger partial charge in [0.25, 0.3) is 0 Å². The summed E-state index contributed by atoms with van der Waals surface area (Å²) in [7, 11) is 4.14. The van der Waals surface area contributed by atoms with Crippen molar-refractivity contribution in [2.45, 2.75) is 20.8 Å². The minimum Gasteiger partial charge on any atom is -0.308 e. The molecular formula is C12H17N2S+. The summed E-state index contributed by atoms with van der Waals surface area (Å²) in [6.07, 6.45) is 2.20. The molecule has 0 radical (unpaired) electrons. The highest BCUT2D eigenvalue weighted by atomic mass is 32.1. The summed E-state index contributed by atoms with van der Waals surface area (Å²) in [5.41, 5.74) is 5.43. The molecule has 0 bridgehead atoms. The summed E-state index contributed by atoms with van der Waals surface area (Å²) in [4.78, 5) is 1.36. The number of fused-ring (bicyclic) bond motifs is 1. The van der Waals surface area contributed by atoms with Crippen molar-refractivity contribution < 1.29 is 4.58 Å². The van der Waals surface area contributed by atoms with Crippen LogP contribution < -0.4 is 0 Å². The van der Waals surface area contributed by atoms with E-state index in [1.54, 1.807) is 0 Å². The quantitative estimate of drug-likeness (QED) is 0.516. The van der Waals surface area contributed by atoms with Gasteiger partial charge in [0.05, 0.1) is 5.56 Å². The first kappa shape index (κ1) is 10.4. The number of rotatable bonds is 1. The van der Waals surface area contributed by atoms with Gasteiger partial charge in [0, 0.05) is 16.8 Å². The molecule has 0 amide bonds. The van der Waals surface area contributed by atoms with Crippen LogP contribution >= 0.6 is 11.3 Å². The van der Waals surface area contributed by atoms with Crippen LogP contribution in [0.5, 0.6) is 0 Å². The standard InChI is InChI=1S/C12H17N2S/c1-8-7-15-12-11(6-13(4)5)9(2)10(3)14(8)12/h6-7H,1-5H3/q+1. The van der Waals surface area contributed by atoms with Gasteiger partial charge in [0.1, 0.15) is 18.9 Å². The molecule has 0 fully saturated rings. The number of nitrogens with zero attached hydrogens (tertiary/aromatic N) is 2. The second kappa shape index (κ2) is 3.49. The van der Waals surface area contributed by atoms with E-state index in [2.05, 4.69) is 55.4 Å². The topological polar surface area (TPSA) is 7.42 Å². The van der Waals surface area contributed by atoms with Crippen molar-refractivity contribution in [1.82, 2.24) is 4.40 Å². The molecule has 0 spiro atoms. The molecule has 2 aromatic heterocycles. The highest BCUT2D eigenvalue weighted by Crippen LogP contribution is 2.27. The molecule has 80 valence electrons. The third kappa shape index (κ3) is 1.51. The van der Waals surface area contributed by atoms with Crippen LogP contribution in [0.1, 0.15) is 22.5 Å². The largest absolute Gasteiger partial charge is 0.308 e. The lowest BCUT2D eigenvalue weighted by Gasteiger charge is -1.94. The molecule has 0 N–H and O–H groups in total. The molecule has 15 heavy (non-hydrogen) atoms. The maximum absolute atomic E-state index is 2.34. The Balaban J connectivity index is 2.84. The average molecular weight is 221 g/mol. The predicted octanol–water partition coefficient (Wildman–Crippen LogP) is 2.62. The van der Waals surface area contributed by atoms with E-state index in [-0.39, 0.29) is 0 Å². The van der Waals surface area contributed by atoms with Crippen molar-refractivity contribution in [3.8, 4) is 0 Å². The Kier molecular flexibility index (Phi) is 2.43. The molecule has 2 nitrogen and oxygen atoms in total. The number of aromatic nitrogens is 1. The highest BCUT2D eigenvalue weighted by molar-refractivity contribution is 7.16. The second-order valence-electron chi connectivity index (χ2n) is 4.23. The van der Waals surface area contributed by atoms with E-state index in [0.29, 0.717) is 0 Å². The van der Waals surface area contributed by atoms with Crippen molar-refractivity contribution in [3.63, 3.8) is 0 Å². The van der Waals surface area contributed by atoms with Crippen molar-refractivity contribution in [2.75, 3.05) is 14.1 Å². The number of hydrogen-bond acceptors (Lipinski definition) is 1. The maximum Gasteiger partial charge on any atom is 0.173 e. The van der Waals surface area contributed by atoms with E-state index >= 15 is 0 Å². The lowest BCUT2D eigenvalue weighted by Crippen LogP contribution is -2.00. The normalized spacial score (nSPS) is 11.0. The monoisotopic (exact) mass is 221 g/mol. The van der Waals surface area contributed by atoms with Crippen molar-refractivity contribution in [3.05, 3.63) is 27.9 Å². The van der Waals surface area contributed by atoms with Crippen LogP contribution in [0.4, 0.5) is 0 Å². The fourth-order valence-electron chi connectivity index (χ4n) is 1.94. The van der Waals surface area contributed by atoms with Gasteiger partial charge in [-0.3, -0.25) is 0 Å². The van der Waals surface area contributed by atoms with Crippen LogP contribution in [0, 0.1) is 20.8 Å². The van der Waals surface area contributed by atoms with Gasteiger partial charge < -0.3 is 4.40 Å². The van der Waals surface area contributed by atoms with Crippen molar-refractivity contribution >= 4 is 22.4 Å². The third-order valence-electron chi connectivity index (χ3n) is 2.80. The summed E-state index contributed by atoms with van der Waals surface area (Å²) in [5, 5.41) is 2.22. The number of hydrogen-bond donors (Lipinski definition) is 0. The minimum atomic E-state index is 1.33. The van der Waals surface area contributed by atoms with E-state index in [1.165, 1.54) is 27.3 Å². The van der Waals surface area contributed by atoms with E-state index in [0.717, 1.165) is 0 Å². The Morgan fingerprint density at radius 1 is 1.27 bits per heavy atom. The van der Waals surface area contributed by atoms with Crippen LogP contribution in [-0.4, -0.2) is 29.3 Å². The molecule has 0 aliphatic carbocycles. The minimum absolute atomic E-state index is 1.33. The van der Waals surface area contributed by atoms with Gasteiger partial charge in [0.15, 0.2) is 6.21 Å². The molecule has 0 saturated heterocycles. The van der Waals surface area contributed by atoms with Gasteiger partial charge in [0.2, 0.25) is 0 Å². The molecule has 0 saturated carbocycles. The van der Waals surface area contributed by atoms with Crippen LogP contribution in [-0.2, 0) is 0 Å². The molecule has 2 aromatic rings. The molecule has 0 unspecified atom stereocenters. The number of aryl methyl sites for hydroxylation is 2. The zero-order valence-electron chi connectivity index (χ0n) is 9.96. The zero-order valence-corrected chi connectivity index (χ0v) is 10.8. The summed E-state index contributed by atoms with van der Waals surface area (Å²) in [6, 6.07) is 0. The molecule has 3 heteroatoms. The van der Waals surface area contributed by atoms with Gasteiger partial charge in [-0.1, -0.05) is 0 Å². The molecule has 0 aliphatic heterocycles. The van der Waals surface area contributed by atoms with Gasteiger partial charge in [-0.25, -0.2) is 4.58 Å². The van der Waals surface area contributed by atoms with E-state index in [4.69, 9.17) is 0 Å². The fourth-order valence-corrected chi connectivity index (χ4v) is 3.05. The van der Waals surface area contributed by atoms with Gasteiger partial charge in [-0.15, -0.1) is 11.3 Å². The molecule has 2 rings (SSSR count). The second-order valence-corrected chi connectivity index (χ2v) is 5.09. The van der Waals surface area contributed by atoms with Gasteiger partial charge >= 0.3 is 0 Å². The first-order valence-electron chi connectivity index (χ1n) is 5.09. The molecule has 0 aliphatic rings. The summed E-state index contributed by atoms with van der Waals surface area (Å²) < 4.78 is 4.45. The smallest absolute Gasteiger partial charge is 0.173 e. The molecule has 0 aromatic carbocycles. The SMILES string of the molecule is Cc1c(C=[N+](C)C)c2scc(C)n2c1C. The Morgan fingerprint density at radius 2 is 1.93 bits per heavy atom. The predicted molar refractivity (Wildman–Crippen MR) is 66.8 cm³/mol. The zero-order chi connectivity index (χ0) is 11.2. The summed E-state index contributed by atoms with van der Waals surface area (Å²) >= 11 is 1.82. The summed E-state index contributed by atoms with van der Waals surface area (Å²) in [6.45, 7) is 6.55. The van der Waals surface area contributed by atoms with Crippen LogP contribution in [0.15, 0.2) is 5.38 Å². The highest BCUT2D eigenvalue weighted by Gasteiger charge is 2.15. The lowest BCUT2D eigenvalue weighted by atomic mass is 10.2. The van der Waals surface area contributed by atoms with Crippen molar-refractivity contribution in [2.24, 2.45) is 0 Å². The Labute approximate surface area is 94.5 Å².